The summed E-state index contributed by atoms with van der Waals surface area (Å²) in [5.74, 6) is -0.173. The molecule has 1 aliphatic rings. The Labute approximate surface area is 148 Å². The minimum Gasteiger partial charge on any atom is -0.300 e. The number of aryl methyl sites for hydroxylation is 1. The highest BCUT2D eigenvalue weighted by Crippen LogP contribution is 2.34. The summed E-state index contributed by atoms with van der Waals surface area (Å²) in [4.78, 5) is 17.0. The highest BCUT2D eigenvalue weighted by Gasteiger charge is 2.24. The molecular weight excluding hydrogens is 351 g/mol. The highest BCUT2D eigenvalue weighted by molar-refractivity contribution is 8.18. The third kappa shape index (κ3) is 3.78. The molecule has 23 heavy (non-hydrogen) atoms. The maximum Gasteiger partial charge on any atom is 0.264 e. The van der Waals surface area contributed by atoms with E-state index in [4.69, 9.17) is 23.2 Å². The van der Waals surface area contributed by atoms with Crippen LogP contribution in [0.3, 0.4) is 0 Å². The summed E-state index contributed by atoms with van der Waals surface area (Å²) < 4.78 is 0. The zero-order valence-electron chi connectivity index (χ0n) is 12.1. The Morgan fingerprint density at radius 3 is 2.74 bits per heavy atom. The highest BCUT2D eigenvalue weighted by atomic mass is 35.5. The maximum absolute atomic E-state index is 12.1. The maximum atomic E-state index is 12.1. The Hall–Kier alpha value is -1.75. The monoisotopic (exact) mass is 362 g/mol. The molecule has 0 atom stereocenters. The number of carbonyl (C=O) groups excluding carboxylic acids is 1. The number of benzene rings is 2. The summed E-state index contributed by atoms with van der Waals surface area (Å²) in [5, 5.41) is 4.02. The third-order valence-corrected chi connectivity index (χ3v) is 4.86. The van der Waals surface area contributed by atoms with E-state index in [2.05, 4.69) is 10.3 Å². The molecule has 2 aromatic rings. The molecule has 1 aliphatic heterocycles. The lowest BCUT2D eigenvalue weighted by molar-refractivity contribution is -0.115. The van der Waals surface area contributed by atoms with Crippen molar-refractivity contribution in [1.29, 1.82) is 0 Å². The normalized spacial score (nSPS) is 17.8. The van der Waals surface area contributed by atoms with Crippen LogP contribution in [0.5, 0.6) is 0 Å². The molecule has 6 heteroatoms. The van der Waals surface area contributed by atoms with Gasteiger partial charge in [0.2, 0.25) is 0 Å². The molecule has 116 valence electrons. The van der Waals surface area contributed by atoms with Crippen molar-refractivity contribution in [3.8, 4) is 0 Å². The summed E-state index contributed by atoms with van der Waals surface area (Å²) in [6.07, 6.45) is 1.84. The molecule has 1 saturated heterocycles. The summed E-state index contributed by atoms with van der Waals surface area (Å²) in [5.41, 5.74) is 2.64. The van der Waals surface area contributed by atoms with Gasteiger partial charge in [-0.1, -0.05) is 59.1 Å². The third-order valence-electron chi connectivity index (χ3n) is 3.14. The molecule has 1 N–H and O–H groups in total. The van der Waals surface area contributed by atoms with Crippen molar-refractivity contribution >= 4 is 57.8 Å². The van der Waals surface area contributed by atoms with Gasteiger partial charge in [-0.3, -0.25) is 4.79 Å². The SMILES string of the molecule is Cc1cccc(/C=C2\SC(=Nc3cccc(Cl)c3Cl)NC2=O)c1. The van der Waals surface area contributed by atoms with Crippen LogP contribution in [0.1, 0.15) is 11.1 Å². The lowest BCUT2D eigenvalue weighted by Gasteiger charge is -2.00. The van der Waals surface area contributed by atoms with Crippen LogP contribution < -0.4 is 5.32 Å². The Morgan fingerprint density at radius 1 is 1.17 bits per heavy atom. The zero-order valence-corrected chi connectivity index (χ0v) is 14.5. The summed E-state index contributed by atoms with van der Waals surface area (Å²) >= 11 is 13.4. The van der Waals surface area contributed by atoms with E-state index in [1.807, 2.05) is 37.3 Å². The molecule has 0 saturated carbocycles. The van der Waals surface area contributed by atoms with Crippen LogP contribution in [0.15, 0.2) is 52.4 Å². The van der Waals surface area contributed by atoms with E-state index in [9.17, 15) is 4.79 Å². The van der Waals surface area contributed by atoms with Crippen LogP contribution >= 0.6 is 35.0 Å². The number of amides is 1. The molecule has 2 aromatic carbocycles. The van der Waals surface area contributed by atoms with Crippen LogP contribution in [0.2, 0.25) is 10.0 Å². The summed E-state index contributed by atoms with van der Waals surface area (Å²) in [7, 11) is 0. The molecule has 1 heterocycles. The van der Waals surface area contributed by atoms with E-state index in [-0.39, 0.29) is 5.91 Å². The molecule has 0 bridgehead atoms. The number of carbonyl (C=O) groups is 1. The number of thioether (sulfide) groups is 1. The number of aliphatic imine (C=N–C) groups is 1. The number of rotatable bonds is 2. The molecule has 0 unspecified atom stereocenters. The predicted octanol–water partition coefficient (Wildman–Crippen LogP) is 5.19. The van der Waals surface area contributed by atoms with Gasteiger partial charge in [0.15, 0.2) is 5.17 Å². The topological polar surface area (TPSA) is 41.5 Å². The number of hydrogen-bond donors (Lipinski definition) is 1. The second kappa shape index (κ2) is 6.79. The van der Waals surface area contributed by atoms with Gasteiger partial charge in [-0.15, -0.1) is 0 Å². The number of amidine groups is 1. The largest absolute Gasteiger partial charge is 0.300 e. The van der Waals surface area contributed by atoms with Crippen molar-refractivity contribution in [2.45, 2.75) is 6.92 Å². The van der Waals surface area contributed by atoms with Gasteiger partial charge in [0.05, 0.1) is 20.6 Å². The Morgan fingerprint density at radius 2 is 1.96 bits per heavy atom. The zero-order chi connectivity index (χ0) is 16.4. The minimum atomic E-state index is -0.173. The first-order valence-electron chi connectivity index (χ1n) is 6.83. The van der Waals surface area contributed by atoms with Gasteiger partial charge < -0.3 is 5.32 Å². The Bertz CT molecular complexity index is 846. The van der Waals surface area contributed by atoms with E-state index in [0.29, 0.717) is 25.8 Å². The fourth-order valence-corrected chi connectivity index (χ4v) is 3.25. The van der Waals surface area contributed by atoms with Crippen LogP contribution in [-0.2, 0) is 4.79 Å². The van der Waals surface area contributed by atoms with Crippen molar-refractivity contribution < 1.29 is 4.79 Å². The van der Waals surface area contributed by atoms with E-state index < -0.39 is 0 Å². The molecular formula is C17H12Cl2N2OS. The molecule has 3 rings (SSSR count). The second-order valence-electron chi connectivity index (χ2n) is 4.97. The van der Waals surface area contributed by atoms with Crippen molar-refractivity contribution in [3.63, 3.8) is 0 Å². The van der Waals surface area contributed by atoms with Crippen LogP contribution in [-0.4, -0.2) is 11.1 Å². The van der Waals surface area contributed by atoms with Crippen LogP contribution in [0.4, 0.5) is 5.69 Å². The van der Waals surface area contributed by atoms with Gasteiger partial charge >= 0.3 is 0 Å². The molecule has 3 nitrogen and oxygen atoms in total. The van der Waals surface area contributed by atoms with Gasteiger partial charge in [-0.05, 0) is 42.5 Å². The number of nitrogens with one attached hydrogen (secondary N) is 1. The van der Waals surface area contributed by atoms with Gasteiger partial charge in [-0.25, -0.2) is 4.99 Å². The van der Waals surface area contributed by atoms with Crippen molar-refractivity contribution in [2.24, 2.45) is 4.99 Å². The summed E-state index contributed by atoms with van der Waals surface area (Å²) in [6, 6.07) is 13.1. The number of hydrogen-bond acceptors (Lipinski definition) is 3. The summed E-state index contributed by atoms with van der Waals surface area (Å²) in [6.45, 7) is 2.01. The molecule has 0 radical (unpaired) electrons. The number of halogens is 2. The molecule has 0 aromatic heterocycles. The molecule has 1 fully saturated rings. The average molecular weight is 363 g/mol. The first-order valence-corrected chi connectivity index (χ1v) is 8.40. The average Bonchev–Trinajstić information content (AvgIpc) is 2.84. The van der Waals surface area contributed by atoms with E-state index in [1.54, 1.807) is 18.2 Å². The first-order chi connectivity index (χ1) is 11.0. The van der Waals surface area contributed by atoms with Gasteiger partial charge in [0.25, 0.3) is 5.91 Å². The van der Waals surface area contributed by atoms with Gasteiger partial charge in [0, 0.05) is 0 Å². The smallest absolute Gasteiger partial charge is 0.264 e. The lowest BCUT2D eigenvalue weighted by atomic mass is 10.1. The van der Waals surface area contributed by atoms with Crippen molar-refractivity contribution in [2.75, 3.05) is 0 Å². The molecule has 0 spiro atoms. The van der Waals surface area contributed by atoms with E-state index in [1.165, 1.54) is 11.8 Å². The Kier molecular flexibility index (Phi) is 4.76. The number of nitrogens with zero attached hydrogens (tertiary/aromatic N) is 1. The fourth-order valence-electron chi connectivity index (χ4n) is 2.08. The van der Waals surface area contributed by atoms with Gasteiger partial charge in [-0.2, -0.15) is 0 Å². The predicted molar refractivity (Wildman–Crippen MR) is 98.4 cm³/mol. The standard InChI is InChI=1S/C17H12Cl2N2OS/c1-10-4-2-5-11(8-10)9-14-16(22)21-17(23-14)20-13-7-3-6-12(18)15(13)19/h2-9H,1H3,(H,20,21,22)/b14-9-. The second-order valence-corrected chi connectivity index (χ2v) is 6.78. The Balaban J connectivity index is 1.88. The van der Waals surface area contributed by atoms with E-state index >= 15 is 0 Å². The van der Waals surface area contributed by atoms with Gasteiger partial charge in [0.1, 0.15) is 0 Å². The quantitative estimate of drug-likeness (QED) is 0.746. The van der Waals surface area contributed by atoms with Crippen molar-refractivity contribution in [1.82, 2.24) is 5.32 Å². The van der Waals surface area contributed by atoms with Crippen molar-refractivity contribution in [3.05, 3.63) is 68.5 Å². The molecule has 0 aliphatic carbocycles. The minimum absolute atomic E-state index is 0.173. The lowest BCUT2D eigenvalue weighted by Crippen LogP contribution is -2.19. The fraction of sp³-hybridized carbons (Fsp3) is 0.0588. The first kappa shape index (κ1) is 16.1. The molecule has 1 amide bonds. The van der Waals surface area contributed by atoms with Crippen LogP contribution in [0.25, 0.3) is 6.08 Å². The van der Waals surface area contributed by atoms with E-state index in [0.717, 1.165) is 11.1 Å². The van der Waals surface area contributed by atoms with Crippen LogP contribution in [0, 0.1) is 6.92 Å².